The van der Waals surface area contributed by atoms with E-state index in [9.17, 15) is 23.2 Å². The van der Waals surface area contributed by atoms with Gasteiger partial charge in [-0.3, -0.25) is 14.9 Å². The molecule has 0 saturated heterocycles. The quantitative estimate of drug-likeness (QED) is 0.677. The van der Waals surface area contributed by atoms with E-state index in [1.165, 1.54) is 12.1 Å². The van der Waals surface area contributed by atoms with Crippen LogP contribution in [0, 0.1) is 13.8 Å². The van der Waals surface area contributed by atoms with Gasteiger partial charge in [0.05, 0.1) is 0 Å². The summed E-state index contributed by atoms with van der Waals surface area (Å²) in [6.45, 7) is -0.381. The Balaban J connectivity index is 1.77. The highest BCUT2D eigenvalue weighted by molar-refractivity contribution is 6.05. The predicted molar refractivity (Wildman–Crippen MR) is 97.9 cm³/mol. The number of hydrogen-bond acceptors (Lipinski definition) is 6. The minimum atomic E-state index is -2.98. The molecular weight excluding hydrogens is 388 g/mol. The lowest BCUT2D eigenvalue weighted by Crippen LogP contribution is -2.34. The van der Waals surface area contributed by atoms with Crippen LogP contribution in [-0.2, 0) is 14.3 Å². The van der Waals surface area contributed by atoms with E-state index < -0.39 is 37.6 Å². The first-order chi connectivity index (χ1) is 13.8. The van der Waals surface area contributed by atoms with Crippen LogP contribution in [0.2, 0.25) is 0 Å². The predicted octanol–water partition coefficient (Wildman–Crippen LogP) is 2.78. The van der Waals surface area contributed by atoms with Crippen LogP contribution in [0.3, 0.4) is 0 Å². The molecule has 29 heavy (non-hydrogen) atoms. The standard InChI is InChI=1S/C20H19F2NO6/c1-12-4-3-5-13(2)18(12)28-11-17(25)27-10-16(24)23-19(26)14-6-8-15(9-7-14)29-20(21)22/h3-9,20H,10-11H2,1-2H3,(H,23,24,26). The van der Waals surface area contributed by atoms with Crippen molar-refractivity contribution >= 4 is 17.8 Å². The molecule has 0 saturated carbocycles. The monoisotopic (exact) mass is 407 g/mol. The first-order valence-corrected chi connectivity index (χ1v) is 8.50. The van der Waals surface area contributed by atoms with Crippen LogP contribution >= 0.6 is 0 Å². The van der Waals surface area contributed by atoms with Crippen LogP contribution in [0.25, 0.3) is 0 Å². The zero-order chi connectivity index (χ0) is 21.4. The van der Waals surface area contributed by atoms with Gasteiger partial charge < -0.3 is 14.2 Å². The molecule has 0 radical (unpaired) electrons. The summed E-state index contributed by atoms with van der Waals surface area (Å²) < 4.78 is 38.5. The number of para-hydroxylation sites is 1. The van der Waals surface area contributed by atoms with Gasteiger partial charge in [-0.25, -0.2) is 4.79 Å². The average Bonchev–Trinajstić information content (AvgIpc) is 2.66. The van der Waals surface area contributed by atoms with Gasteiger partial charge in [-0.15, -0.1) is 0 Å². The minimum Gasteiger partial charge on any atom is -0.481 e. The zero-order valence-corrected chi connectivity index (χ0v) is 15.7. The van der Waals surface area contributed by atoms with Gasteiger partial charge in [0.2, 0.25) is 0 Å². The fourth-order valence-corrected chi connectivity index (χ4v) is 2.37. The van der Waals surface area contributed by atoms with Crippen molar-refractivity contribution < 1.29 is 37.4 Å². The third-order valence-electron chi connectivity index (χ3n) is 3.70. The summed E-state index contributed by atoms with van der Waals surface area (Å²) >= 11 is 0. The van der Waals surface area contributed by atoms with E-state index in [2.05, 4.69) is 4.74 Å². The van der Waals surface area contributed by atoms with Crippen LogP contribution in [0.15, 0.2) is 42.5 Å². The molecule has 154 valence electrons. The lowest BCUT2D eigenvalue weighted by atomic mass is 10.1. The first-order valence-electron chi connectivity index (χ1n) is 8.50. The normalized spacial score (nSPS) is 10.4. The Kier molecular flexibility index (Phi) is 7.64. The van der Waals surface area contributed by atoms with Gasteiger partial charge in [0.15, 0.2) is 13.2 Å². The third-order valence-corrected chi connectivity index (χ3v) is 3.70. The van der Waals surface area contributed by atoms with E-state index in [0.29, 0.717) is 5.75 Å². The van der Waals surface area contributed by atoms with Gasteiger partial charge in [0.25, 0.3) is 11.8 Å². The Morgan fingerprint density at radius 1 is 0.966 bits per heavy atom. The molecule has 0 atom stereocenters. The lowest BCUT2D eigenvalue weighted by Gasteiger charge is -2.11. The van der Waals surface area contributed by atoms with Crippen molar-refractivity contribution in [1.29, 1.82) is 0 Å². The number of ether oxygens (including phenoxy) is 3. The zero-order valence-electron chi connectivity index (χ0n) is 15.7. The van der Waals surface area contributed by atoms with E-state index in [1.807, 2.05) is 37.4 Å². The van der Waals surface area contributed by atoms with Gasteiger partial charge in [0.1, 0.15) is 11.5 Å². The van der Waals surface area contributed by atoms with Crippen molar-refractivity contribution in [1.82, 2.24) is 5.32 Å². The van der Waals surface area contributed by atoms with Crippen LogP contribution in [0.1, 0.15) is 21.5 Å². The number of hydrogen-bond donors (Lipinski definition) is 1. The number of aryl methyl sites for hydroxylation is 2. The molecule has 0 aliphatic carbocycles. The molecule has 2 aromatic carbocycles. The molecule has 0 unspecified atom stereocenters. The Labute approximate surface area is 165 Å². The van der Waals surface area contributed by atoms with Crippen molar-refractivity contribution in [2.24, 2.45) is 0 Å². The molecule has 0 spiro atoms. The fourth-order valence-electron chi connectivity index (χ4n) is 2.37. The molecule has 7 nitrogen and oxygen atoms in total. The Hall–Kier alpha value is -3.49. The Morgan fingerprint density at radius 3 is 2.17 bits per heavy atom. The molecule has 2 rings (SSSR count). The maximum absolute atomic E-state index is 12.1. The summed E-state index contributed by atoms with van der Waals surface area (Å²) in [6.07, 6.45) is 0. The largest absolute Gasteiger partial charge is 0.481 e. The number of rotatable bonds is 8. The summed E-state index contributed by atoms with van der Waals surface area (Å²) in [5, 5.41) is 2.02. The van der Waals surface area contributed by atoms with Gasteiger partial charge in [0, 0.05) is 5.56 Å². The molecule has 0 bridgehead atoms. The Morgan fingerprint density at radius 2 is 1.59 bits per heavy atom. The van der Waals surface area contributed by atoms with Gasteiger partial charge in [-0.2, -0.15) is 8.78 Å². The second kappa shape index (κ2) is 10.2. The van der Waals surface area contributed by atoms with E-state index >= 15 is 0 Å². The summed E-state index contributed by atoms with van der Waals surface area (Å²) in [7, 11) is 0. The number of esters is 1. The average molecular weight is 407 g/mol. The summed E-state index contributed by atoms with van der Waals surface area (Å²) in [5.74, 6) is -1.96. The fraction of sp³-hybridized carbons (Fsp3) is 0.250. The minimum absolute atomic E-state index is 0.0460. The van der Waals surface area contributed by atoms with E-state index in [1.54, 1.807) is 0 Å². The highest BCUT2D eigenvalue weighted by Gasteiger charge is 2.14. The maximum atomic E-state index is 12.1. The topological polar surface area (TPSA) is 90.9 Å². The summed E-state index contributed by atoms with van der Waals surface area (Å²) in [4.78, 5) is 35.4. The smallest absolute Gasteiger partial charge is 0.387 e. The van der Waals surface area contributed by atoms with Crippen molar-refractivity contribution in [2.75, 3.05) is 13.2 Å². The van der Waals surface area contributed by atoms with E-state index in [4.69, 9.17) is 9.47 Å². The molecule has 2 amide bonds. The number of carbonyl (C=O) groups is 3. The van der Waals surface area contributed by atoms with Crippen LogP contribution < -0.4 is 14.8 Å². The van der Waals surface area contributed by atoms with E-state index in [-0.39, 0.29) is 11.3 Å². The Bertz CT molecular complexity index is 863. The van der Waals surface area contributed by atoms with Crippen molar-refractivity contribution in [2.45, 2.75) is 20.5 Å². The van der Waals surface area contributed by atoms with Gasteiger partial charge >= 0.3 is 12.6 Å². The molecular formula is C20H19F2NO6. The highest BCUT2D eigenvalue weighted by atomic mass is 19.3. The number of nitrogens with one attached hydrogen (secondary N) is 1. The SMILES string of the molecule is Cc1cccc(C)c1OCC(=O)OCC(=O)NC(=O)c1ccc(OC(F)F)cc1. The van der Waals surface area contributed by atoms with Crippen molar-refractivity contribution in [3.8, 4) is 11.5 Å². The number of alkyl halides is 2. The molecule has 0 aromatic heterocycles. The number of imide groups is 1. The number of carbonyl (C=O) groups excluding carboxylic acids is 3. The summed E-state index contributed by atoms with van der Waals surface area (Å²) in [5.41, 5.74) is 1.75. The molecule has 0 aliphatic heterocycles. The van der Waals surface area contributed by atoms with E-state index in [0.717, 1.165) is 23.3 Å². The number of amides is 2. The van der Waals surface area contributed by atoms with Crippen molar-refractivity contribution in [3.05, 3.63) is 59.2 Å². The summed E-state index contributed by atoms with van der Waals surface area (Å²) in [6, 6.07) is 10.3. The van der Waals surface area contributed by atoms with Gasteiger partial charge in [-0.1, -0.05) is 18.2 Å². The van der Waals surface area contributed by atoms with Crippen LogP contribution in [-0.4, -0.2) is 37.6 Å². The molecule has 0 aliphatic rings. The first kappa shape index (κ1) is 21.8. The molecule has 0 heterocycles. The van der Waals surface area contributed by atoms with Crippen molar-refractivity contribution in [3.63, 3.8) is 0 Å². The molecule has 2 aromatic rings. The number of halogens is 2. The molecule has 0 fully saturated rings. The second-order valence-electron chi connectivity index (χ2n) is 5.95. The number of benzene rings is 2. The van der Waals surface area contributed by atoms with Crippen LogP contribution in [0.5, 0.6) is 11.5 Å². The third kappa shape index (κ3) is 6.87. The van der Waals surface area contributed by atoms with Gasteiger partial charge in [-0.05, 0) is 49.2 Å². The highest BCUT2D eigenvalue weighted by Crippen LogP contribution is 2.22. The molecule has 9 heteroatoms. The van der Waals surface area contributed by atoms with Crippen LogP contribution in [0.4, 0.5) is 8.78 Å². The maximum Gasteiger partial charge on any atom is 0.387 e. The second-order valence-corrected chi connectivity index (χ2v) is 5.95. The molecule has 1 N–H and O–H groups in total. The lowest BCUT2D eigenvalue weighted by molar-refractivity contribution is -0.150.